The zero-order valence-electron chi connectivity index (χ0n) is 18.8. The lowest BCUT2D eigenvalue weighted by Crippen LogP contribution is -2.42. The van der Waals surface area contributed by atoms with Crippen LogP contribution in [0.2, 0.25) is 0 Å². The number of thiazole rings is 1. The normalized spacial score (nSPS) is 16.4. The van der Waals surface area contributed by atoms with Crippen molar-refractivity contribution < 1.29 is 4.52 Å². The molecule has 1 aliphatic heterocycles. The second kappa shape index (κ2) is 11.5. The highest BCUT2D eigenvalue weighted by Crippen LogP contribution is 2.20. The molecule has 0 aromatic carbocycles. The second-order valence-corrected chi connectivity index (χ2v) is 9.20. The average molecular weight is 433 g/mol. The van der Waals surface area contributed by atoms with Crippen LogP contribution in [0.5, 0.6) is 0 Å². The fraction of sp³-hybridized carbons (Fsp3) is 0.682. The Morgan fingerprint density at radius 1 is 1.30 bits per heavy atom. The van der Waals surface area contributed by atoms with E-state index in [0.717, 1.165) is 56.6 Å². The first-order valence-electron chi connectivity index (χ1n) is 11.2. The molecule has 0 bridgehead atoms. The summed E-state index contributed by atoms with van der Waals surface area (Å²) in [5.74, 6) is 2.69. The molecule has 166 valence electrons. The molecule has 8 heteroatoms. The van der Waals surface area contributed by atoms with Crippen LogP contribution < -0.4 is 10.6 Å². The van der Waals surface area contributed by atoms with Gasteiger partial charge in [0.25, 0.3) is 0 Å². The van der Waals surface area contributed by atoms with Gasteiger partial charge in [-0.3, -0.25) is 4.90 Å². The third kappa shape index (κ3) is 6.80. The number of likely N-dealkylation sites (tertiary alicyclic amines) is 1. The van der Waals surface area contributed by atoms with E-state index >= 15 is 0 Å². The molecule has 0 radical (unpaired) electrons. The van der Waals surface area contributed by atoms with E-state index in [-0.39, 0.29) is 0 Å². The van der Waals surface area contributed by atoms with Gasteiger partial charge in [0, 0.05) is 31.1 Å². The predicted molar refractivity (Wildman–Crippen MR) is 123 cm³/mol. The van der Waals surface area contributed by atoms with Crippen LogP contribution in [-0.2, 0) is 19.5 Å². The summed E-state index contributed by atoms with van der Waals surface area (Å²) >= 11 is 1.78. The van der Waals surface area contributed by atoms with Crippen LogP contribution in [0.3, 0.4) is 0 Å². The van der Waals surface area contributed by atoms with Crippen LogP contribution in [0.15, 0.2) is 21.0 Å². The maximum absolute atomic E-state index is 5.40. The molecule has 0 aliphatic carbocycles. The number of guanidine groups is 1. The van der Waals surface area contributed by atoms with Crippen molar-refractivity contribution >= 4 is 17.3 Å². The number of aromatic nitrogens is 2. The van der Waals surface area contributed by atoms with Gasteiger partial charge in [-0.2, -0.15) is 0 Å². The zero-order valence-corrected chi connectivity index (χ0v) is 19.6. The lowest BCUT2D eigenvalue weighted by atomic mass is 9.97. The molecule has 1 saturated heterocycles. The molecular formula is C22H36N6OS. The minimum atomic E-state index is 0.368. The Bertz CT molecular complexity index is 791. The Balaban J connectivity index is 1.42. The number of rotatable bonds is 9. The average Bonchev–Trinajstić information content (AvgIpc) is 3.40. The Labute approximate surface area is 184 Å². The molecule has 2 N–H and O–H groups in total. The van der Waals surface area contributed by atoms with Gasteiger partial charge in [-0.1, -0.05) is 25.9 Å². The maximum Gasteiger partial charge on any atom is 0.191 e. The fourth-order valence-electron chi connectivity index (χ4n) is 3.58. The van der Waals surface area contributed by atoms with E-state index in [1.54, 1.807) is 11.3 Å². The Morgan fingerprint density at radius 3 is 2.73 bits per heavy atom. The topological polar surface area (TPSA) is 78.6 Å². The molecule has 0 atom stereocenters. The first kappa shape index (κ1) is 22.7. The van der Waals surface area contributed by atoms with Gasteiger partial charge < -0.3 is 15.2 Å². The van der Waals surface area contributed by atoms with E-state index in [9.17, 15) is 0 Å². The summed E-state index contributed by atoms with van der Waals surface area (Å²) in [6, 6.07) is 2.00. The number of hydrogen-bond donors (Lipinski definition) is 2. The number of aryl methyl sites for hydroxylation is 1. The molecule has 2 aromatic rings. The summed E-state index contributed by atoms with van der Waals surface area (Å²) in [5, 5.41) is 14.4. The van der Waals surface area contributed by atoms with Gasteiger partial charge in [-0.15, -0.1) is 11.3 Å². The first-order valence-corrected chi connectivity index (χ1v) is 12.1. The zero-order chi connectivity index (χ0) is 21.3. The van der Waals surface area contributed by atoms with Gasteiger partial charge in [0.15, 0.2) is 11.7 Å². The summed E-state index contributed by atoms with van der Waals surface area (Å²) in [5.41, 5.74) is 2.21. The fourth-order valence-corrected chi connectivity index (χ4v) is 4.31. The number of aliphatic imine (C=N–C) groups is 1. The Hall–Kier alpha value is -1.93. The molecule has 7 nitrogen and oxygen atoms in total. The molecular weight excluding hydrogens is 396 g/mol. The Kier molecular flexibility index (Phi) is 8.69. The number of nitrogens with zero attached hydrogens (tertiary/aromatic N) is 4. The predicted octanol–water partition coefficient (Wildman–Crippen LogP) is 3.78. The number of nitrogens with one attached hydrogen (secondary N) is 2. The Morgan fingerprint density at radius 2 is 2.10 bits per heavy atom. The van der Waals surface area contributed by atoms with Crippen LogP contribution in [0, 0.1) is 5.92 Å². The largest absolute Gasteiger partial charge is 0.359 e. The minimum Gasteiger partial charge on any atom is -0.359 e. The third-order valence-electron chi connectivity index (χ3n) is 5.46. The summed E-state index contributed by atoms with van der Waals surface area (Å²) in [6.07, 6.45) is 3.44. The van der Waals surface area contributed by atoms with Gasteiger partial charge in [-0.25, -0.2) is 9.98 Å². The molecule has 3 rings (SSSR count). The smallest absolute Gasteiger partial charge is 0.191 e. The van der Waals surface area contributed by atoms with Crippen molar-refractivity contribution in [1.82, 2.24) is 25.7 Å². The summed E-state index contributed by atoms with van der Waals surface area (Å²) < 4.78 is 5.40. The summed E-state index contributed by atoms with van der Waals surface area (Å²) in [4.78, 5) is 11.9. The SMILES string of the molecule is CCNC(=NCc1cc(C(C)C)no1)NCC1CCN(Cc2csc(CC)n2)CC1. The lowest BCUT2D eigenvalue weighted by molar-refractivity contribution is 0.176. The van der Waals surface area contributed by atoms with Crippen molar-refractivity contribution in [2.24, 2.45) is 10.9 Å². The molecule has 0 spiro atoms. The molecule has 3 heterocycles. The van der Waals surface area contributed by atoms with Crippen molar-refractivity contribution in [1.29, 1.82) is 0 Å². The molecule has 30 heavy (non-hydrogen) atoms. The van der Waals surface area contributed by atoms with Gasteiger partial charge in [0.1, 0.15) is 6.54 Å². The molecule has 0 saturated carbocycles. The van der Waals surface area contributed by atoms with Crippen LogP contribution >= 0.6 is 11.3 Å². The quantitative estimate of drug-likeness (QED) is 0.464. The number of piperidine rings is 1. The van der Waals surface area contributed by atoms with Crippen molar-refractivity contribution in [2.45, 2.75) is 66.0 Å². The monoisotopic (exact) mass is 432 g/mol. The van der Waals surface area contributed by atoms with Crippen LogP contribution in [0.25, 0.3) is 0 Å². The van der Waals surface area contributed by atoms with Crippen LogP contribution in [-0.4, -0.2) is 47.2 Å². The van der Waals surface area contributed by atoms with E-state index in [1.807, 2.05) is 6.07 Å². The van der Waals surface area contributed by atoms with Gasteiger partial charge in [0.05, 0.1) is 16.4 Å². The van der Waals surface area contributed by atoms with Crippen molar-refractivity contribution in [3.05, 3.63) is 33.6 Å². The molecule has 0 unspecified atom stereocenters. The second-order valence-electron chi connectivity index (χ2n) is 8.25. The van der Waals surface area contributed by atoms with E-state index in [1.165, 1.54) is 23.5 Å². The van der Waals surface area contributed by atoms with Crippen LogP contribution in [0.1, 0.15) is 68.6 Å². The maximum atomic E-state index is 5.40. The molecule has 0 amide bonds. The van der Waals surface area contributed by atoms with E-state index < -0.39 is 0 Å². The van der Waals surface area contributed by atoms with Crippen LogP contribution in [0.4, 0.5) is 0 Å². The van der Waals surface area contributed by atoms with Gasteiger partial charge in [0.2, 0.25) is 0 Å². The van der Waals surface area contributed by atoms with Crippen molar-refractivity contribution in [2.75, 3.05) is 26.2 Å². The van der Waals surface area contributed by atoms with Crippen molar-refractivity contribution in [3.8, 4) is 0 Å². The molecule has 1 fully saturated rings. The molecule has 1 aliphatic rings. The van der Waals surface area contributed by atoms with Gasteiger partial charge >= 0.3 is 0 Å². The van der Waals surface area contributed by atoms with E-state index in [0.29, 0.717) is 18.4 Å². The highest BCUT2D eigenvalue weighted by Gasteiger charge is 2.20. The minimum absolute atomic E-state index is 0.368. The number of hydrogen-bond acceptors (Lipinski definition) is 6. The van der Waals surface area contributed by atoms with E-state index in [2.05, 4.69) is 58.8 Å². The van der Waals surface area contributed by atoms with Crippen molar-refractivity contribution in [3.63, 3.8) is 0 Å². The van der Waals surface area contributed by atoms with E-state index in [4.69, 9.17) is 9.51 Å². The summed E-state index contributed by atoms with van der Waals surface area (Å²) in [6.45, 7) is 14.0. The standard InChI is InChI=1S/C22H36N6OS/c1-5-21-26-18(15-30-21)14-28-9-7-17(8-10-28)12-24-22(23-6-2)25-13-19-11-20(16(3)4)27-29-19/h11,15-17H,5-10,12-14H2,1-4H3,(H2,23,24,25). The first-order chi connectivity index (χ1) is 14.6. The summed E-state index contributed by atoms with van der Waals surface area (Å²) in [7, 11) is 0. The highest BCUT2D eigenvalue weighted by molar-refractivity contribution is 7.09. The lowest BCUT2D eigenvalue weighted by Gasteiger charge is -2.31. The van der Waals surface area contributed by atoms with Gasteiger partial charge in [-0.05, 0) is 51.1 Å². The highest BCUT2D eigenvalue weighted by atomic mass is 32.1. The molecule has 2 aromatic heterocycles. The third-order valence-corrected chi connectivity index (χ3v) is 6.50.